The highest BCUT2D eigenvalue weighted by molar-refractivity contribution is 14.1. The fourth-order valence-corrected chi connectivity index (χ4v) is 3.02. The second kappa shape index (κ2) is 7.95. The number of benzene rings is 2. The summed E-state index contributed by atoms with van der Waals surface area (Å²) in [5.41, 5.74) is 4.12. The number of hydrogen-bond donors (Lipinski definition) is 1. The molecule has 0 fully saturated rings. The first-order valence-electron chi connectivity index (χ1n) is 7.67. The van der Waals surface area contributed by atoms with Crippen molar-refractivity contribution >= 4 is 22.6 Å². The Morgan fingerprint density at radius 1 is 1.00 bits per heavy atom. The molecule has 1 nitrogen and oxygen atoms in total. The maximum atomic E-state index is 3.61. The second-order valence-corrected chi connectivity index (χ2v) is 7.13. The quantitative estimate of drug-likeness (QED) is 0.667. The van der Waals surface area contributed by atoms with Gasteiger partial charge in [0, 0.05) is 3.57 Å². The minimum absolute atomic E-state index is 0.277. The molecule has 0 radical (unpaired) electrons. The predicted molar refractivity (Wildman–Crippen MR) is 99.7 cm³/mol. The lowest BCUT2D eigenvalue weighted by Crippen LogP contribution is -2.22. The van der Waals surface area contributed by atoms with E-state index in [-0.39, 0.29) is 6.04 Å². The van der Waals surface area contributed by atoms with E-state index in [1.165, 1.54) is 20.3 Å². The van der Waals surface area contributed by atoms with E-state index in [1.54, 1.807) is 0 Å². The van der Waals surface area contributed by atoms with Crippen LogP contribution in [0.1, 0.15) is 43.5 Å². The molecule has 2 aromatic rings. The van der Waals surface area contributed by atoms with Gasteiger partial charge in [-0.3, -0.25) is 0 Å². The highest BCUT2D eigenvalue weighted by atomic mass is 127. The molecule has 2 rings (SSSR count). The van der Waals surface area contributed by atoms with E-state index in [0.717, 1.165) is 13.0 Å². The Balaban J connectivity index is 2.31. The van der Waals surface area contributed by atoms with E-state index in [2.05, 4.69) is 97.2 Å². The molecular weight excluding hydrogens is 369 g/mol. The summed E-state index contributed by atoms with van der Waals surface area (Å²) in [5, 5.41) is 3.61. The highest BCUT2D eigenvalue weighted by Crippen LogP contribution is 2.24. The van der Waals surface area contributed by atoms with Crippen LogP contribution in [0.2, 0.25) is 0 Å². The molecule has 0 aliphatic heterocycles. The summed E-state index contributed by atoms with van der Waals surface area (Å²) in [7, 11) is 0. The maximum absolute atomic E-state index is 3.61. The van der Waals surface area contributed by atoms with Crippen molar-refractivity contribution in [3.8, 4) is 0 Å². The van der Waals surface area contributed by atoms with Gasteiger partial charge in [-0.1, -0.05) is 57.2 Å². The molecule has 2 heteroatoms. The fourth-order valence-electron chi connectivity index (χ4n) is 2.66. The third-order valence-electron chi connectivity index (χ3n) is 3.54. The fraction of sp³-hybridized carbons (Fsp3) is 0.368. The molecule has 1 N–H and O–H groups in total. The third kappa shape index (κ3) is 4.82. The van der Waals surface area contributed by atoms with E-state index >= 15 is 0 Å². The van der Waals surface area contributed by atoms with E-state index in [1.807, 2.05) is 0 Å². The lowest BCUT2D eigenvalue weighted by molar-refractivity contribution is 0.623. The summed E-state index contributed by atoms with van der Waals surface area (Å²) in [6.45, 7) is 7.67. The smallest absolute Gasteiger partial charge is 0.0576 e. The number of halogens is 1. The van der Waals surface area contributed by atoms with Gasteiger partial charge in [0.2, 0.25) is 0 Å². The molecule has 0 heterocycles. The molecule has 0 aliphatic carbocycles. The van der Waals surface area contributed by atoms with Crippen molar-refractivity contribution in [1.29, 1.82) is 0 Å². The van der Waals surface area contributed by atoms with Crippen LogP contribution in [0.3, 0.4) is 0 Å². The van der Waals surface area contributed by atoms with Crippen molar-refractivity contribution in [2.45, 2.75) is 33.2 Å². The standard InChI is InChI=1S/C19H24IN/c1-4-21-19(16-8-10-18(20)11-9-16)17-7-5-6-15(13-17)12-14(2)3/h5-11,13-14,19,21H,4,12H2,1-3H3. The highest BCUT2D eigenvalue weighted by Gasteiger charge is 2.13. The molecule has 0 bridgehead atoms. The third-order valence-corrected chi connectivity index (χ3v) is 4.26. The summed E-state index contributed by atoms with van der Waals surface area (Å²) >= 11 is 2.35. The summed E-state index contributed by atoms with van der Waals surface area (Å²) in [4.78, 5) is 0. The Bertz CT molecular complexity index is 560. The zero-order valence-electron chi connectivity index (χ0n) is 13.1. The van der Waals surface area contributed by atoms with Crippen LogP contribution >= 0.6 is 22.6 Å². The van der Waals surface area contributed by atoms with Gasteiger partial charge in [0.25, 0.3) is 0 Å². The average molecular weight is 393 g/mol. The van der Waals surface area contributed by atoms with Gasteiger partial charge in [-0.2, -0.15) is 0 Å². The Hall–Kier alpha value is -0.870. The van der Waals surface area contributed by atoms with Crippen LogP contribution in [0.5, 0.6) is 0 Å². The minimum Gasteiger partial charge on any atom is -0.307 e. The number of nitrogens with one attached hydrogen (secondary N) is 1. The first-order chi connectivity index (χ1) is 10.1. The molecule has 1 unspecified atom stereocenters. The van der Waals surface area contributed by atoms with Crippen molar-refractivity contribution in [1.82, 2.24) is 5.32 Å². The Morgan fingerprint density at radius 2 is 1.71 bits per heavy atom. The summed E-state index contributed by atoms with van der Waals surface area (Å²) in [6, 6.07) is 18.1. The van der Waals surface area contributed by atoms with Crippen LogP contribution < -0.4 is 5.32 Å². The van der Waals surface area contributed by atoms with Crippen LogP contribution in [-0.2, 0) is 6.42 Å². The maximum Gasteiger partial charge on any atom is 0.0576 e. The average Bonchev–Trinajstić information content (AvgIpc) is 2.45. The van der Waals surface area contributed by atoms with Gasteiger partial charge >= 0.3 is 0 Å². The Kier molecular flexibility index (Phi) is 6.24. The van der Waals surface area contributed by atoms with Gasteiger partial charge in [-0.25, -0.2) is 0 Å². The second-order valence-electron chi connectivity index (χ2n) is 5.89. The van der Waals surface area contributed by atoms with Crippen LogP contribution in [0.15, 0.2) is 48.5 Å². The molecule has 0 amide bonds. The van der Waals surface area contributed by atoms with Gasteiger partial charge in [-0.15, -0.1) is 0 Å². The van der Waals surface area contributed by atoms with Crippen molar-refractivity contribution in [3.05, 3.63) is 68.8 Å². The lowest BCUT2D eigenvalue weighted by atomic mass is 9.94. The van der Waals surface area contributed by atoms with Crippen molar-refractivity contribution in [3.63, 3.8) is 0 Å². The SMILES string of the molecule is CCNC(c1ccc(I)cc1)c1cccc(CC(C)C)c1. The molecular formula is C19H24IN. The van der Waals surface area contributed by atoms with Gasteiger partial charge in [0.05, 0.1) is 6.04 Å². The monoisotopic (exact) mass is 393 g/mol. The minimum atomic E-state index is 0.277. The predicted octanol–water partition coefficient (Wildman–Crippen LogP) is 5.19. The largest absolute Gasteiger partial charge is 0.307 e. The summed E-state index contributed by atoms with van der Waals surface area (Å²) < 4.78 is 1.28. The van der Waals surface area contributed by atoms with E-state index in [4.69, 9.17) is 0 Å². The van der Waals surface area contributed by atoms with E-state index < -0.39 is 0 Å². The molecule has 0 aromatic heterocycles. The molecule has 0 saturated heterocycles. The van der Waals surface area contributed by atoms with E-state index in [9.17, 15) is 0 Å². The van der Waals surface area contributed by atoms with Crippen LogP contribution in [0.25, 0.3) is 0 Å². The summed E-state index contributed by atoms with van der Waals surface area (Å²) in [6.07, 6.45) is 1.14. The molecule has 21 heavy (non-hydrogen) atoms. The molecule has 0 aliphatic rings. The van der Waals surface area contributed by atoms with Crippen molar-refractivity contribution < 1.29 is 0 Å². The van der Waals surface area contributed by atoms with E-state index in [0.29, 0.717) is 5.92 Å². The van der Waals surface area contributed by atoms with Crippen molar-refractivity contribution in [2.24, 2.45) is 5.92 Å². The number of rotatable bonds is 6. The topological polar surface area (TPSA) is 12.0 Å². The molecule has 112 valence electrons. The van der Waals surface area contributed by atoms with Gasteiger partial charge in [0.1, 0.15) is 0 Å². The van der Waals surface area contributed by atoms with Gasteiger partial charge < -0.3 is 5.32 Å². The zero-order chi connectivity index (χ0) is 15.2. The zero-order valence-corrected chi connectivity index (χ0v) is 15.2. The van der Waals surface area contributed by atoms with Gasteiger partial charge in [0.15, 0.2) is 0 Å². The first kappa shape index (κ1) is 16.5. The number of hydrogen-bond acceptors (Lipinski definition) is 1. The van der Waals surface area contributed by atoms with Crippen LogP contribution in [0.4, 0.5) is 0 Å². The Morgan fingerprint density at radius 3 is 2.33 bits per heavy atom. The Labute approximate surface area is 142 Å². The van der Waals surface area contributed by atoms with Crippen molar-refractivity contribution in [2.75, 3.05) is 6.54 Å². The molecule has 1 atom stereocenters. The first-order valence-corrected chi connectivity index (χ1v) is 8.75. The normalized spacial score (nSPS) is 12.6. The molecule has 0 spiro atoms. The summed E-state index contributed by atoms with van der Waals surface area (Å²) in [5.74, 6) is 0.691. The van der Waals surface area contributed by atoms with Crippen LogP contribution in [0, 0.1) is 9.49 Å². The van der Waals surface area contributed by atoms with Crippen LogP contribution in [-0.4, -0.2) is 6.54 Å². The molecule has 0 saturated carbocycles. The van der Waals surface area contributed by atoms with Gasteiger partial charge in [-0.05, 0) is 70.3 Å². The molecule has 2 aromatic carbocycles. The lowest BCUT2D eigenvalue weighted by Gasteiger charge is -2.20.